The quantitative estimate of drug-likeness (QED) is 0.368. The number of nitrogens with zero attached hydrogens (tertiary/aromatic N) is 3. The monoisotopic (exact) mass is 471 g/mol. The molecule has 34 heavy (non-hydrogen) atoms. The Balaban J connectivity index is 1.21. The normalized spacial score (nSPS) is 17.4. The van der Waals surface area contributed by atoms with Crippen LogP contribution in [-0.4, -0.2) is 45.3 Å². The van der Waals surface area contributed by atoms with Crippen LogP contribution in [0, 0.1) is 6.92 Å². The molecule has 1 aliphatic heterocycles. The van der Waals surface area contributed by atoms with Gasteiger partial charge in [0, 0.05) is 30.6 Å². The summed E-state index contributed by atoms with van der Waals surface area (Å²) in [6.07, 6.45) is 0.869. The highest BCUT2D eigenvalue weighted by molar-refractivity contribution is 7.21. The zero-order chi connectivity index (χ0) is 23.3. The molecule has 6 nitrogen and oxygen atoms in total. The molecule has 0 radical (unpaired) electrons. The van der Waals surface area contributed by atoms with Crippen LogP contribution in [0.5, 0.6) is 0 Å². The highest BCUT2D eigenvalue weighted by Crippen LogP contribution is 2.53. The van der Waals surface area contributed by atoms with E-state index < -0.39 is 6.16 Å². The van der Waals surface area contributed by atoms with Gasteiger partial charge in [0.05, 0.1) is 5.69 Å². The van der Waals surface area contributed by atoms with Gasteiger partial charge in [0.25, 0.3) is 0 Å². The summed E-state index contributed by atoms with van der Waals surface area (Å²) in [7, 11) is 0. The fourth-order valence-corrected chi connectivity index (χ4v) is 5.83. The van der Waals surface area contributed by atoms with Crippen LogP contribution >= 0.6 is 11.3 Å². The van der Waals surface area contributed by atoms with Gasteiger partial charge in [-0.1, -0.05) is 53.8 Å². The van der Waals surface area contributed by atoms with Gasteiger partial charge in [-0.15, -0.1) is 0 Å². The maximum absolute atomic E-state index is 10.6. The summed E-state index contributed by atoms with van der Waals surface area (Å²) in [5.41, 5.74) is 7.04. The van der Waals surface area contributed by atoms with Gasteiger partial charge >= 0.3 is 6.16 Å². The van der Waals surface area contributed by atoms with E-state index in [1.807, 2.05) is 0 Å². The summed E-state index contributed by atoms with van der Waals surface area (Å²) >= 11 is 1.65. The third kappa shape index (κ3) is 3.85. The van der Waals surface area contributed by atoms with E-state index in [0.717, 1.165) is 46.0 Å². The first-order valence-corrected chi connectivity index (χ1v) is 12.4. The minimum Gasteiger partial charge on any atom is -0.450 e. The summed E-state index contributed by atoms with van der Waals surface area (Å²) in [4.78, 5) is 23.7. The van der Waals surface area contributed by atoms with Crippen LogP contribution < -0.4 is 0 Å². The molecule has 0 atom stereocenters. The zero-order valence-corrected chi connectivity index (χ0v) is 19.7. The topological polar surface area (TPSA) is 75.5 Å². The average Bonchev–Trinajstić information content (AvgIpc) is 3.51. The van der Waals surface area contributed by atoms with Gasteiger partial charge in [-0.25, -0.2) is 14.8 Å². The summed E-state index contributed by atoms with van der Waals surface area (Å²) in [6.45, 7) is 4.19. The molecule has 1 saturated heterocycles. The van der Waals surface area contributed by atoms with Crippen molar-refractivity contribution in [2.45, 2.75) is 37.8 Å². The molecule has 1 aliphatic carbocycles. The minimum absolute atomic E-state index is 0.0587. The first kappa shape index (κ1) is 21.3. The van der Waals surface area contributed by atoms with E-state index in [1.54, 1.807) is 11.3 Å². The van der Waals surface area contributed by atoms with Gasteiger partial charge in [0.2, 0.25) is 0 Å². The van der Waals surface area contributed by atoms with E-state index in [0.29, 0.717) is 13.1 Å². The molecule has 4 aromatic rings. The number of thiazole rings is 1. The maximum Gasteiger partial charge on any atom is 0.506 e. The smallest absolute Gasteiger partial charge is 0.450 e. The van der Waals surface area contributed by atoms with E-state index in [2.05, 4.69) is 72.5 Å². The van der Waals surface area contributed by atoms with Gasteiger partial charge in [0.15, 0.2) is 0 Å². The molecule has 1 N–H and O–H groups in total. The summed E-state index contributed by atoms with van der Waals surface area (Å²) in [5.74, 6) is 0. The average molecular weight is 472 g/mol. The Hall–Kier alpha value is -3.29. The highest BCUT2D eigenvalue weighted by atomic mass is 32.1. The molecule has 172 valence electrons. The number of carboxylic acid groups (broad SMARTS) is 1. The SMILES string of the molecule is Cc1cc(-c2nc3ccc(C4(c5ccccc5)CC4)nc3s2)ccc1CN1CC(OC(=O)O)C1. The number of hydrogen-bond donors (Lipinski definition) is 1. The summed E-state index contributed by atoms with van der Waals surface area (Å²) in [6, 6.07) is 21.4. The van der Waals surface area contributed by atoms with Crippen LogP contribution in [0.3, 0.4) is 0 Å². The molecule has 0 spiro atoms. The number of fused-ring (bicyclic) bond motifs is 1. The molecule has 6 rings (SSSR count). The summed E-state index contributed by atoms with van der Waals surface area (Å²) in [5, 5.41) is 9.70. The van der Waals surface area contributed by atoms with Crippen molar-refractivity contribution in [3.63, 3.8) is 0 Å². The summed E-state index contributed by atoms with van der Waals surface area (Å²) < 4.78 is 4.81. The fraction of sp³-hybridized carbons (Fsp3) is 0.296. The predicted molar refractivity (Wildman–Crippen MR) is 132 cm³/mol. The number of likely N-dealkylation sites (tertiary alicyclic amines) is 1. The molecule has 0 unspecified atom stereocenters. The Labute approximate surface area is 201 Å². The lowest BCUT2D eigenvalue weighted by Crippen LogP contribution is -2.52. The van der Waals surface area contributed by atoms with E-state index >= 15 is 0 Å². The van der Waals surface area contributed by atoms with Gasteiger partial charge in [0.1, 0.15) is 21.5 Å². The number of hydrogen-bond acceptors (Lipinski definition) is 6. The molecule has 2 fully saturated rings. The van der Waals surface area contributed by atoms with Crippen molar-refractivity contribution in [2.24, 2.45) is 0 Å². The Morgan fingerprint density at radius 3 is 2.62 bits per heavy atom. The van der Waals surface area contributed by atoms with Gasteiger partial charge in [-0.3, -0.25) is 4.90 Å². The Bertz CT molecular complexity index is 1370. The largest absolute Gasteiger partial charge is 0.506 e. The lowest BCUT2D eigenvalue weighted by molar-refractivity contribution is -0.0363. The van der Waals surface area contributed by atoms with E-state index in [1.165, 1.54) is 16.7 Å². The van der Waals surface area contributed by atoms with E-state index in [4.69, 9.17) is 19.8 Å². The molecule has 7 heteroatoms. The van der Waals surface area contributed by atoms with Crippen molar-refractivity contribution in [2.75, 3.05) is 13.1 Å². The molecular weight excluding hydrogens is 446 g/mol. The van der Waals surface area contributed by atoms with Crippen LogP contribution in [0.4, 0.5) is 4.79 Å². The van der Waals surface area contributed by atoms with E-state index in [9.17, 15) is 4.79 Å². The van der Waals surface area contributed by atoms with Crippen molar-refractivity contribution in [1.29, 1.82) is 0 Å². The molecule has 2 aromatic heterocycles. The molecule has 1 saturated carbocycles. The Kier molecular flexibility index (Phi) is 5.12. The molecular formula is C27H25N3O3S. The minimum atomic E-state index is -1.20. The molecule has 0 bridgehead atoms. The third-order valence-electron chi connectivity index (χ3n) is 7.00. The third-order valence-corrected chi connectivity index (χ3v) is 8.01. The van der Waals surface area contributed by atoms with Crippen molar-refractivity contribution >= 4 is 27.8 Å². The molecule has 2 aliphatic rings. The number of aromatic nitrogens is 2. The maximum atomic E-state index is 10.6. The Morgan fingerprint density at radius 2 is 1.91 bits per heavy atom. The number of ether oxygens (including phenoxy) is 1. The lowest BCUT2D eigenvalue weighted by atomic mass is 9.92. The zero-order valence-electron chi connectivity index (χ0n) is 18.9. The first-order valence-electron chi connectivity index (χ1n) is 11.6. The highest BCUT2D eigenvalue weighted by Gasteiger charge is 2.47. The lowest BCUT2D eigenvalue weighted by Gasteiger charge is -2.37. The van der Waals surface area contributed by atoms with E-state index in [-0.39, 0.29) is 11.5 Å². The van der Waals surface area contributed by atoms with Crippen LogP contribution in [0.25, 0.3) is 20.9 Å². The number of benzene rings is 2. The van der Waals surface area contributed by atoms with Crippen molar-refractivity contribution in [3.8, 4) is 10.6 Å². The second-order valence-electron chi connectivity index (χ2n) is 9.33. The van der Waals surface area contributed by atoms with Crippen LogP contribution in [0.15, 0.2) is 60.7 Å². The molecule has 0 amide bonds. The predicted octanol–water partition coefficient (Wildman–Crippen LogP) is 5.63. The second-order valence-corrected chi connectivity index (χ2v) is 10.3. The number of rotatable bonds is 6. The molecule has 2 aromatic carbocycles. The van der Waals surface area contributed by atoms with Gasteiger partial charge in [-0.2, -0.15) is 0 Å². The van der Waals surface area contributed by atoms with Crippen LogP contribution in [-0.2, 0) is 16.7 Å². The number of carbonyl (C=O) groups is 1. The standard InChI is InChI=1S/C27H25N3O3S/c1-17-13-18(7-8-19(17)14-30-15-21(16-30)33-26(31)32)24-28-22-9-10-23(29-25(22)34-24)27(11-12-27)20-5-3-2-4-6-20/h2-10,13,21H,11-12,14-16H2,1H3,(H,31,32). The Morgan fingerprint density at radius 1 is 1.12 bits per heavy atom. The van der Waals surface area contributed by atoms with Crippen LogP contribution in [0.1, 0.15) is 35.2 Å². The van der Waals surface area contributed by atoms with Gasteiger partial charge < -0.3 is 9.84 Å². The first-order chi connectivity index (χ1) is 16.5. The van der Waals surface area contributed by atoms with Crippen LogP contribution in [0.2, 0.25) is 0 Å². The van der Waals surface area contributed by atoms with Gasteiger partial charge in [-0.05, 0) is 54.7 Å². The second kappa shape index (κ2) is 8.18. The molecule has 3 heterocycles. The van der Waals surface area contributed by atoms with Crippen molar-refractivity contribution in [3.05, 3.63) is 83.0 Å². The number of aryl methyl sites for hydroxylation is 1. The number of pyridine rings is 1. The van der Waals surface area contributed by atoms with Crippen molar-refractivity contribution < 1.29 is 14.6 Å². The fourth-order valence-electron chi connectivity index (χ4n) is 4.90. The van der Waals surface area contributed by atoms with Crippen molar-refractivity contribution in [1.82, 2.24) is 14.9 Å².